The topological polar surface area (TPSA) is 208 Å². The number of amides is 4. The van der Waals surface area contributed by atoms with Crippen molar-refractivity contribution in [1.29, 1.82) is 0 Å². The summed E-state index contributed by atoms with van der Waals surface area (Å²) in [6.45, 7) is 15.9. The quantitative estimate of drug-likeness (QED) is 0.125. The number of aromatic hydroxyl groups is 1. The van der Waals surface area contributed by atoms with Gasteiger partial charge in [-0.25, -0.2) is 9.59 Å². The highest BCUT2D eigenvalue weighted by atomic mass is 16.6. The lowest BCUT2D eigenvalue weighted by Gasteiger charge is -2.40. The maximum Gasteiger partial charge on any atom is 0.410 e. The van der Waals surface area contributed by atoms with Crippen molar-refractivity contribution in [1.82, 2.24) is 35.1 Å². The number of likely N-dealkylation sites (N-methyl/N-ethyl adjacent to an activating group) is 1. The van der Waals surface area contributed by atoms with E-state index in [1.54, 1.807) is 27.0 Å². The van der Waals surface area contributed by atoms with E-state index in [0.29, 0.717) is 37.1 Å². The standard InChI is InChI=1S/C52H66N8O10/c1-9-44(62)57-19-15-37(27-57)70-50(66)56(7)45(31(3)4)47(63)54-42-22-32-20-34(23-36(61)21-32)33-12-13-43-39(24-33)40(26-51(5,6)30-69-49(65)52(67)16-11-18-60(55-52)48(42)64)46(59(43)10-2)41-25-35(14-17-53-41)58-28-38(29-58)68-8/h9,12-14,17,20-21,23-25,31,37-38,42,45,55,61,67H,1,10-11,15-16,18-19,22,26-30H2,2-8H3,(H,54,63)/t37?,42-,45-,52-/m0/s1. The maximum absolute atomic E-state index is 14.7. The molecular formula is C52H66N8O10. The Hall–Kier alpha value is -6.50. The third kappa shape index (κ3) is 10.2. The summed E-state index contributed by atoms with van der Waals surface area (Å²) in [5.41, 5.74) is 6.44. The molecule has 70 heavy (non-hydrogen) atoms. The molecule has 0 aliphatic carbocycles. The van der Waals surface area contributed by atoms with Crippen molar-refractivity contribution in [3.05, 3.63) is 78.5 Å². The van der Waals surface area contributed by atoms with Crippen LogP contribution in [0.5, 0.6) is 5.75 Å². The summed E-state index contributed by atoms with van der Waals surface area (Å²) >= 11 is 0. The summed E-state index contributed by atoms with van der Waals surface area (Å²) in [5, 5.41) is 28.2. The number of ether oxygens (including phenoxy) is 3. The van der Waals surface area contributed by atoms with Crippen LogP contribution in [0.2, 0.25) is 0 Å². The van der Waals surface area contributed by atoms with Gasteiger partial charge in [-0.2, -0.15) is 5.43 Å². The minimum absolute atomic E-state index is 0.0487. The largest absolute Gasteiger partial charge is 0.508 e. The fraction of sp³-hybridized carbons (Fsp3) is 0.500. The number of methoxy groups -OCH3 is 1. The molecule has 4 N–H and O–H groups in total. The summed E-state index contributed by atoms with van der Waals surface area (Å²) in [7, 11) is 3.16. The van der Waals surface area contributed by atoms with Crippen molar-refractivity contribution in [2.45, 2.75) is 103 Å². The molecule has 4 amide bonds. The van der Waals surface area contributed by atoms with Crippen molar-refractivity contribution < 1.29 is 48.4 Å². The molecule has 3 saturated heterocycles. The van der Waals surface area contributed by atoms with Crippen LogP contribution in [-0.4, -0.2) is 148 Å². The van der Waals surface area contributed by atoms with Gasteiger partial charge in [0.2, 0.25) is 17.5 Å². The molecule has 2 aromatic carbocycles. The molecule has 0 saturated carbocycles. The van der Waals surface area contributed by atoms with Crippen LogP contribution in [0, 0.1) is 11.3 Å². The predicted octanol–water partition coefficient (Wildman–Crippen LogP) is 4.78. The lowest BCUT2D eigenvalue weighted by molar-refractivity contribution is -0.189. The molecule has 2 aromatic heterocycles. The first-order valence-electron chi connectivity index (χ1n) is 24.2. The van der Waals surface area contributed by atoms with Crippen LogP contribution in [0.25, 0.3) is 33.4 Å². The van der Waals surface area contributed by atoms with Crippen LogP contribution in [0.3, 0.4) is 0 Å². The number of rotatable bonds is 10. The predicted molar refractivity (Wildman–Crippen MR) is 262 cm³/mol. The smallest absolute Gasteiger partial charge is 0.410 e. The third-order valence-electron chi connectivity index (χ3n) is 14.0. The Morgan fingerprint density at radius 2 is 1.83 bits per heavy atom. The highest BCUT2D eigenvalue weighted by Gasteiger charge is 2.46. The van der Waals surface area contributed by atoms with Gasteiger partial charge in [-0.15, -0.1) is 0 Å². The van der Waals surface area contributed by atoms with Gasteiger partial charge < -0.3 is 44.1 Å². The number of anilines is 1. The van der Waals surface area contributed by atoms with Crippen LogP contribution >= 0.6 is 0 Å². The molecule has 18 heteroatoms. The number of aryl methyl sites for hydroxylation is 1. The second kappa shape index (κ2) is 20.1. The van der Waals surface area contributed by atoms with E-state index in [4.69, 9.17) is 19.2 Å². The first-order chi connectivity index (χ1) is 33.3. The number of cyclic esters (lactones) is 1. The number of nitrogens with zero attached hydrogens (tertiary/aromatic N) is 6. The number of hydrazine groups is 1. The summed E-state index contributed by atoms with van der Waals surface area (Å²) in [6, 6.07) is 12.9. The van der Waals surface area contributed by atoms with Gasteiger partial charge in [-0.3, -0.25) is 29.3 Å². The van der Waals surface area contributed by atoms with Gasteiger partial charge in [0, 0.05) is 94.3 Å². The van der Waals surface area contributed by atoms with Crippen LogP contribution in [0.4, 0.5) is 10.5 Å². The summed E-state index contributed by atoms with van der Waals surface area (Å²) in [5.74, 6) is -3.06. The fourth-order valence-corrected chi connectivity index (χ4v) is 10.3. The Morgan fingerprint density at radius 1 is 1.06 bits per heavy atom. The number of phenolic OH excluding ortho intramolecular Hbond substituents is 1. The molecule has 6 bridgehead atoms. The van der Waals surface area contributed by atoms with Crippen molar-refractivity contribution >= 4 is 46.4 Å². The van der Waals surface area contributed by atoms with E-state index in [1.807, 2.05) is 38.2 Å². The number of carbonyl (C=O) groups is 5. The lowest BCUT2D eigenvalue weighted by Crippen LogP contribution is -2.67. The normalized spacial score (nSPS) is 22.3. The third-order valence-corrected chi connectivity index (χ3v) is 14.0. The van der Waals surface area contributed by atoms with Crippen LogP contribution < -0.4 is 15.6 Å². The second-order valence-corrected chi connectivity index (χ2v) is 20.2. The molecule has 4 aliphatic heterocycles. The average molecular weight is 963 g/mol. The number of phenols is 1. The van der Waals surface area contributed by atoms with Crippen molar-refractivity contribution in [3.63, 3.8) is 0 Å². The number of pyridine rings is 1. The Bertz CT molecular complexity index is 2680. The van der Waals surface area contributed by atoms with Gasteiger partial charge in [-0.05, 0) is 90.4 Å². The molecular weight excluding hydrogens is 897 g/mol. The maximum atomic E-state index is 14.7. The molecule has 0 spiro atoms. The Labute approximate surface area is 408 Å². The number of aliphatic hydroxyl groups is 1. The number of nitrogens with one attached hydrogen (secondary N) is 2. The zero-order valence-corrected chi connectivity index (χ0v) is 41.2. The molecule has 6 heterocycles. The molecule has 4 aliphatic rings. The van der Waals surface area contributed by atoms with E-state index in [9.17, 15) is 34.2 Å². The average Bonchev–Trinajstić information content (AvgIpc) is 3.90. The highest BCUT2D eigenvalue weighted by molar-refractivity contribution is 5.95. The molecule has 18 nitrogen and oxygen atoms in total. The van der Waals surface area contributed by atoms with E-state index < -0.39 is 59.1 Å². The van der Waals surface area contributed by atoms with Crippen LogP contribution in [0.1, 0.15) is 65.0 Å². The molecule has 3 fully saturated rings. The second-order valence-electron chi connectivity index (χ2n) is 20.2. The monoisotopic (exact) mass is 962 g/mol. The first-order valence-corrected chi connectivity index (χ1v) is 24.2. The van der Waals surface area contributed by atoms with E-state index >= 15 is 0 Å². The van der Waals surface area contributed by atoms with Gasteiger partial charge in [-0.1, -0.05) is 46.4 Å². The van der Waals surface area contributed by atoms with Crippen LogP contribution in [0.15, 0.2) is 67.4 Å². The number of hydrogen-bond donors (Lipinski definition) is 4. The Balaban J connectivity index is 1.17. The molecule has 1 unspecified atom stereocenters. The van der Waals surface area contributed by atoms with Gasteiger partial charge >= 0.3 is 12.1 Å². The summed E-state index contributed by atoms with van der Waals surface area (Å²) in [6.07, 6.45) is 2.75. The number of likely N-dealkylation sites (tertiary alicyclic amines) is 1. The minimum atomic E-state index is -2.28. The lowest BCUT2D eigenvalue weighted by atomic mass is 9.84. The SMILES string of the molecule is C=CC(=O)N1CCC(OC(=O)N(C)[C@H](C(=O)N[C@H]2Cc3cc(O)cc(c3)-c3ccc4c(c3)c(c(-c3cc(N5CC(OC)C5)ccn3)n4CC)CC(C)(C)COC(=O)[C@@]3(O)CCCN(N3)C2=O)C(C)C)C1. The van der Waals surface area contributed by atoms with E-state index in [2.05, 4.69) is 51.9 Å². The van der Waals surface area contributed by atoms with Crippen molar-refractivity contribution in [2.75, 3.05) is 58.4 Å². The summed E-state index contributed by atoms with van der Waals surface area (Å²) < 4.78 is 19.5. The number of carbonyl (C=O) groups excluding carboxylic acids is 5. The molecule has 374 valence electrons. The fourth-order valence-electron chi connectivity index (χ4n) is 10.3. The molecule has 4 atom stereocenters. The van der Waals surface area contributed by atoms with E-state index in [0.717, 1.165) is 57.2 Å². The summed E-state index contributed by atoms with van der Waals surface area (Å²) in [4.78, 5) is 78.9. The van der Waals surface area contributed by atoms with Gasteiger partial charge in [0.15, 0.2) is 0 Å². The zero-order valence-electron chi connectivity index (χ0n) is 41.2. The zero-order chi connectivity index (χ0) is 50.2. The Kier molecular flexibility index (Phi) is 14.3. The number of hydrogen-bond acceptors (Lipinski definition) is 13. The van der Waals surface area contributed by atoms with E-state index in [-0.39, 0.29) is 56.7 Å². The number of fused-ring (bicyclic) bond motifs is 6. The van der Waals surface area contributed by atoms with Crippen LogP contribution in [-0.2, 0) is 52.8 Å². The minimum Gasteiger partial charge on any atom is -0.508 e. The number of aromatic nitrogens is 2. The highest BCUT2D eigenvalue weighted by Crippen LogP contribution is 2.41. The van der Waals surface area contributed by atoms with Gasteiger partial charge in [0.05, 0.1) is 30.6 Å². The number of benzene rings is 2. The van der Waals surface area contributed by atoms with Gasteiger partial charge in [0.25, 0.3) is 5.91 Å². The molecule has 0 radical (unpaired) electrons. The van der Waals surface area contributed by atoms with E-state index in [1.165, 1.54) is 29.0 Å². The number of esters is 1. The Morgan fingerprint density at radius 3 is 2.54 bits per heavy atom. The molecule has 8 rings (SSSR count). The van der Waals surface area contributed by atoms with Crippen molar-refractivity contribution in [3.8, 4) is 28.3 Å². The molecule has 4 aromatic rings. The first kappa shape index (κ1) is 49.9. The van der Waals surface area contributed by atoms with Gasteiger partial charge in [0.1, 0.15) is 23.9 Å². The van der Waals surface area contributed by atoms with Crippen molar-refractivity contribution in [2.24, 2.45) is 11.3 Å².